The Morgan fingerprint density at radius 1 is 1.40 bits per heavy atom. The highest BCUT2D eigenvalue weighted by molar-refractivity contribution is 4.87. The largest absolute Gasteiger partial charge is 0.314 e. The molecule has 2 heteroatoms. The highest BCUT2D eigenvalue weighted by Crippen LogP contribution is 1.90. The van der Waals surface area contributed by atoms with Crippen molar-refractivity contribution >= 4 is 0 Å². The van der Waals surface area contributed by atoms with E-state index in [1.807, 2.05) is 6.08 Å². The lowest BCUT2D eigenvalue weighted by molar-refractivity contribution is 0.265. The first-order chi connectivity index (χ1) is 4.93. The summed E-state index contributed by atoms with van der Waals surface area (Å²) in [5, 5.41) is 3.31. The van der Waals surface area contributed by atoms with Crippen molar-refractivity contribution in [2.24, 2.45) is 0 Å². The molecule has 0 aromatic rings. The quantitative estimate of drug-likeness (QED) is 0.591. The molecular formula is C8H15N2. The van der Waals surface area contributed by atoms with Crippen LogP contribution in [0, 0.1) is 6.92 Å². The molecule has 0 atom stereocenters. The Bertz CT molecular complexity index is 104. The second-order valence-corrected chi connectivity index (χ2v) is 2.52. The lowest BCUT2D eigenvalue weighted by Gasteiger charge is -2.25. The van der Waals surface area contributed by atoms with Crippen LogP contribution in [-0.4, -0.2) is 37.6 Å². The molecule has 1 rings (SSSR count). The number of nitrogens with one attached hydrogen (secondary N) is 1. The van der Waals surface area contributed by atoms with Crippen molar-refractivity contribution in [1.82, 2.24) is 10.2 Å². The highest BCUT2D eigenvalue weighted by Gasteiger charge is 2.05. The van der Waals surface area contributed by atoms with E-state index in [-0.39, 0.29) is 0 Å². The van der Waals surface area contributed by atoms with Crippen LogP contribution in [0.4, 0.5) is 0 Å². The van der Waals surface area contributed by atoms with Gasteiger partial charge < -0.3 is 5.32 Å². The standard InChI is InChI=1S/C8H15N2/c1-2-3-6-10-7-4-9-5-8-10/h2-3,9H,1,4-8H2/b3-2+. The molecule has 0 aliphatic carbocycles. The number of piperazine rings is 1. The van der Waals surface area contributed by atoms with Gasteiger partial charge in [0.05, 0.1) is 0 Å². The Morgan fingerprint density at radius 3 is 2.70 bits per heavy atom. The zero-order valence-corrected chi connectivity index (χ0v) is 6.34. The average molecular weight is 139 g/mol. The van der Waals surface area contributed by atoms with E-state index < -0.39 is 0 Å². The minimum absolute atomic E-state index is 1.06. The summed E-state index contributed by atoms with van der Waals surface area (Å²) in [4.78, 5) is 2.41. The molecule has 0 saturated carbocycles. The van der Waals surface area contributed by atoms with E-state index in [1.54, 1.807) is 0 Å². The van der Waals surface area contributed by atoms with Gasteiger partial charge in [-0.15, -0.1) is 0 Å². The molecule has 2 nitrogen and oxygen atoms in total. The van der Waals surface area contributed by atoms with Crippen LogP contribution < -0.4 is 5.32 Å². The van der Waals surface area contributed by atoms with E-state index in [9.17, 15) is 0 Å². The molecule has 1 fully saturated rings. The van der Waals surface area contributed by atoms with Gasteiger partial charge in [-0.05, 0) is 6.92 Å². The molecule has 0 unspecified atom stereocenters. The van der Waals surface area contributed by atoms with Crippen molar-refractivity contribution in [2.45, 2.75) is 0 Å². The molecule has 1 N–H and O–H groups in total. The molecule has 1 heterocycles. The molecular weight excluding hydrogens is 124 g/mol. The molecule has 1 saturated heterocycles. The van der Waals surface area contributed by atoms with Crippen LogP contribution in [0.3, 0.4) is 0 Å². The zero-order valence-electron chi connectivity index (χ0n) is 6.34. The summed E-state index contributed by atoms with van der Waals surface area (Å²) in [6.45, 7) is 9.31. The Balaban J connectivity index is 2.13. The summed E-state index contributed by atoms with van der Waals surface area (Å²) in [7, 11) is 0. The summed E-state index contributed by atoms with van der Waals surface area (Å²) in [5.41, 5.74) is 0. The van der Waals surface area contributed by atoms with Crippen molar-refractivity contribution in [2.75, 3.05) is 32.7 Å². The summed E-state index contributed by atoms with van der Waals surface area (Å²) in [5.74, 6) is 0. The predicted octanol–water partition coefficient (Wildman–Crippen LogP) is 0.282. The molecule has 1 aliphatic heterocycles. The Hall–Kier alpha value is -0.340. The van der Waals surface area contributed by atoms with Crippen molar-refractivity contribution in [1.29, 1.82) is 0 Å². The van der Waals surface area contributed by atoms with Gasteiger partial charge in [0.25, 0.3) is 0 Å². The predicted molar refractivity (Wildman–Crippen MR) is 43.8 cm³/mol. The molecule has 0 amide bonds. The van der Waals surface area contributed by atoms with Gasteiger partial charge >= 0.3 is 0 Å². The summed E-state index contributed by atoms with van der Waals surface area (Å²) in [6.07, 6.45) is 3.97. The van der Waals surface area contributed by atoms with Gasteiger partial charge in [0.2, 0.25) is 0 Å². The fourth-order valence-corrected chi connectivity index (χ4v) is 1.12. The van der Waals surface area contributed by atoms with E-state index >= 15 is 0 Å². The lowest BCUT2D eigenvalue weighted by Crippen LogP contribution is -2.43. The van der Waals surface area contributed by atoms with Crippen LogP contribution in [-0.2, 0) is 0 Å². The Kier molecular flexibility index (Phi) is 3.47. The third-order valence-electron chi connectivity index (χ3n) is 1.74. The van der Waals surface area contributed by atoms with Crippen molar-refractivity contribution in [3.8, 4) is 0 Å². The molecule has 57 valence electrons. The average Bonchev–Trinajstić information content (AvgIpc) is 2.03. The monoisotopic (exact) mass is 139 g/mol. The second-order valence-electron chi connectivity index (χ2n) is 2.52. The first-order valence-electron chi connectivity index (χ1n) is 3.81. The minimum Gasteiger partial charge on any atom is -0.314 e. The van der Waals surface area contributed by atoms with E-state index in [0.717, 1.165) is 19.6 Å². The number of allylic oxidation sites excluding steroid dienone is 1. The van der Waals surface area contributed by atoms with E-state index in [2.05, 4.69) is 23.2 Å². The van der Waals surface area contributed by atoms with Crippen LogP contribution in [0.5, 0.6) is 0 Å². The number of hydrogen-bond acceptors (Lipinski definition) is 2. The van der Waals surface area contributed by atoms with E-state index in [1.165, 1.54) is 13.1 Å². The summed E-state index contributed by atoms with van der Waals surface area (Å²) >= 11 is 0. The number of hydrogen-bond donors (Lipinski definition) is 1. The first kappa shape index (κ1) is 7.76. The smallest absolute Gasteiger partial charge is 0.0164 e. The molecule has 10 heavy (non-hydrogen) atoms. The molecule has 0 aromatic heterocycles. The van der Waals surface area contributed by atoms with Crippen molar-refractivity contribution in [3.05, 3.63) is 19.1 Å². The fourth-order valence-electron chi connectivity index (χ4n) is 1.12. The topological polar surface area (TPSA) is 15.3 Å². The van der Waals surface area contributed by atoms with Crippen LogP contribution >= 0.6 is 0 Å². The summed E-state index contributed by atoms with van der Waals surface area (Å²) in [6, 6.07) is 0. The van der Waals surface area contributed by atoms with Gasteiger partial charge in [0.1, 0.15) is 0 Å². The van der Waals surface area contributed by atoms with Gasteiger partial charge in [0, 0.05) is 32.7 Å². The van der Waals surface area contributed by atoms with Gasteiger partial charge in [-0.1, -0.05) is 12.2 Å². The molecule has 0 aromatic carbocycles. The molecule has 0 spiro atoms. The van der Waals surface area contributed by atoms with Crippen LogP contribution in [0.25, 0.3) is 0 Å². The van der Waals surface area contributed by atoms with Gasteiger partial charge in [-0.25, -0.2) is 0 Å². The SMILES string of the molecule is [CH2]/C=C/CN1CCNCC1. The van der Waals surface area contributed by atoms with Crippen molar-refractivity contribution in [3.63, 3.8) is 0 Å². The third kappa shape index (κ3) is 2.50. The van der Waals surface area contributed by atoms with Crippen LogP contribution in [0.1, 0.15) is 0 Å². The van der Waals surface area contributed by atoms with Gasteiger partial charge in [-0.2, -0.15) is 0 Å². The van der Waals surface area contributed by atoms with Crippen molar-refractivity contribution < 1.29 is 0 Å². The molecule has 1 aliphatic rings. The zero-order chi connectivity index (χ0) is 7.23. The first-order valence-corrected chi connectivity index (χ1v) is 3.81. The van der Waals surface area contributed by atoms with E-state index in [4.69, 9.17) is 0 Å². The maximum atomic E-state index is 3.65. The summed E-state index contributed by atoms with van der Waals surface area (Å²) < 4.78 is 0. The maximum absolute atomic E-state index is 3.65. The van der Waals surface area contributed by atoms with Crippen LogP contribution in [0.2, 0.25) is 0 Å². The highest BCUT2D eigenvalue weighted by atomic mass is 15.2. The molecule has 0 bridgehead atoms. The van der Waals surface area contributed by atoms with Crippen LogP contribution in [0.15, 0.2) is 12.2 Å². The third-order valence-corrected chi connectivity index (χ3v) is 1.74. The number of rotatable bonds is 2. The Morgan fingerprint density at radius 2 is 2.10 bits per heavy atom. The fraction of sp³-hybridized carbons (Fsp3) is 0.625. The second kappa shape index (κ2) is 4.47. The number of nitrogens with zero attached hydrogens (tertiary/aromatic N) is 1. The van der Waals surface area contributed by atoms with Gasteiger partial charge in [-0.3, -0.25) is 4.90 Å². The van der Waals surface area contributed by atoms with E-state index in [0.29, 0.717) is 0 Å². The minimum atomic E-state index is 1.06. The normalized spacial score (nSPS) is 22.1. The maximum Gasteiger partial charge on any atom is 0.0164 e. The Labute approximate surface area is 62.9 Å². The lowest BCUT2D eigenvalue weighted by atomic mass is 10.3. The molecule has 1 radical (unpaired) electrons. The van der Waals surface area contributed by atoms with Gasteiger partial charge in [0.15, 0.2) is 0 Å².